The Labute approximate surface area is 153 Å². The first-order valence-electron chi connectivity index (χ1n) is 7.60. The molecule has 0 fully saturated rings. The molecule has 1 N–H and O–H groups in total. The number of nitrogens with zero attached hydrogens (tertiary/aromatic N) is 5. The quantitative estimate of drug-likeness (QED) is 0.555. The monoisotopic (exact) mass is 368 g/mol. The lowest BCUT2D eigenvalue weighted by atomic mass is 10.2. The zero-order valence-corrected chi connectivity index (χ0v) is 14.6. The highest BCUT2D eigenvalue weighted by Gasteiger charge is 2.13. The van der Waals surface area contributed by atoms with Crippen molar-refractivity contribution in [1.29, 1.82) is 0 Å². The third kappa shape index (κ3) is 3.11. The average Bonchev–Trinajstić information content (AvgIpc) is 3.23. The summed E-state index contributed by atoms with van der Waals surface area (Å²) >= 11 is 11.8. The number of hydrogen-bond donors (Lipinski definition) is 1. The fourth-order valence-electron chi connectivity index (χ4n) is 2.51. The molecule has 0 bridgehead atoms. The number of hydrogen-bond acceptors (Lipinski definition) is 4. The molecular weight excluding hydrogens is 356 g/mol. The van der Waals surface area contributed by atoms with Crippen molar-refractivity contribution in [2.45, 2.75) is 6.54 Å². The molecule has 8 heteroatoms. The topological polar surface area (TPSA) is 64.3 Å². The summed E-state index contributed by atoms with van der Waals surface area (Å²) in [5.41, 5.74) is 2.58. The van der Waals surface area contributed by atoms with Gasteiger partial charge in [0.05, 0.1) is 22.8 Å². The summed E-state index contributed by atoms with van der Waals surface area (Å²) in [6.07, 6.45) is 1.76. The Morgan fingerprint density at radius 1 is 1.04 bits per heavy atom. The van der Waals surface area contributed by atoms with Gasteiger partial charge in [-0.1, -0.05) is 66.3 Å². The first-order chi connectivity index (χ1) is 12.2. The molecule has 0 aliphatic carbocycles. The van der Waals surface area contributed by atoms with Crippen LogP contribution in [0.3, 0.4) is 0 Å². The molecule has 0 radical (unpaired) electrons. The second-order valence-electron chi connectivity index (χ2n) is 5.41. The van der Waals surface area contributed by atoms with Crippen molar-refractivity contribution in [3.05, 3.63) is 76.0 Å². The smallest absolute Gasteiger partial charge is 0.209 e. The molecule has 0 saturated carbocycles. The lowest BCUT2D eigenvalue weighted by Crippen LogP contribution is -2.03. The Balaban J connectivity index is 1.66. The minimum Gasteiger partial charge on any atom is -0.299 e. The summed E-state index contributed by atoms with van der Waals surface area (Å²) in [5.74, 6) is 0.475. The Kier molecular flexibility index (Phi) is 4.17. The van der Waals surface area contributed by atoms with E-state index in [1.807, 2.05) is 54.6 Å². The van der Waals surface area contributed by atoms with E-state index in [2.05, 4.69) is 20.5 Å². The van der Waals surface area contributed by atoms with E-state index >= 15 is 0 Å². The molecule has 4 aromatic rings. The maximum atomic E-state index is 6.25. The number of para-hydroxylation sites is 1. The Bertz CT molecular complexity index is 1070. The van der Waals surface area contributed by atoms with Gasteiger partial charge in [0.15, 0.2) is 0 Å². The molecule has 2 aromatic carbocycles. The highest BCUT2D eigenvalue weighted by Crippen LogP contribution is 2.23. The Morgan fingerprint density at radius 2 is 1.80 bits per heavy atom. The number of nitrogens with one attached hydrogen (secondary N) is 1. The second kappa shape index (κ2) is 6.62. The van der Waals surface area contributed by atoms with E-state index in [0.29, 0.717) is 27.6 Å². The molecule has 0 atom stereocenters. The van der Waals surface area contributed by atoms with Gasteiger partial charge in [-0.3, -0.25) is 5.10 Å². The third-order valence-corrected chi connectivity index (χ3v) is 4.45. The highest BCUT2D eigenvalue weighted by molar-refractivity contribution is 7.71. The van der Waals surface area contributed by atoms with E-state index in [-0.39, 0.29) is 0 Å². The van der Waals surface area contributed by atoms with Crippen molar-refractivity contribution in [2.75, 3.05) is 0 Å². The van der Waals surface area contributed by atoms with Crippen molar-refractivity contribution in [3.63, 3.8) is 0 Å². The van der Waals surface area contributed by atoms with Gasteiger partial charge in [-0.25, -0.2) is 4.68 Å². The van der Waals surface area contributed by atoms with Crippen LogP contribution in [0.25, 0.3) is 17.1 Å². The standard InChI is InChI=1S/C17H13ClN6S/c18-14-8-4-5-9-15(14)24-17(25)13(10-19-24)16-20-22-23(21-16)11-12-6-2-1-3-7-12/h1-10,19H,11H2. The molecule has 0 aliphatic heterocycles. The third-order valence-electron chi connectivity index (χ3n) is 3.73. The van der Waals surface area contributed by atoms with Crippen molar-refractivity contribution < 1.29 is 0 Å². The van der Waals surface area contributed by atoms with Crippen LogP contribution in [-0.2, 0) is 6.54 Å². The Morgan fingerprint density at radius 3 is 2.60 bits per heavy atom. The van der Waals surface area contributed by atoms with Crippen LogP contribution in [0.2, 0.25) is 5.02 Å². The van der Waals surface area contributed by atoms with Crippen LogP contribution < -0.4 is 0 Å². The van der Waals surface area contributed by atoms with E-state index in [0.717, 1.165) is 11.3 Å². The van der Waals surface area contributed by atoms with Crippen molar-refractivity contribution >= 4 is 23.8 Å². The van der Waals surface area contributed by atoms with Gasteiger partial charge >= 0.3 is 0 Å². The van der Waals surface area contributed by atoms with Crippen LogP contribution in [-0.4, -0.2) is 30.0 Å². The van der Waals surface area contributed by atoms with Crippen LogP contribution in [0.1, 0.15) is 5.56 Å². The summed E-state index contributed by atoms with van der Waals surface area (Å²) in [6, 6.07) is 17.4. The van der Waals surface area contributed by atoms with Gasteiger partial charge < -0.3 is 0 Å². The van der Waals surface area contributed by atoms with Crippen LogP contribution >= 0.6 is 23.8 Å². The lowest BCUT2D eigenvalue weighted by Gasteiger charge is -2.04. The molecule has 4 rings (SSSR count). The van der Waals surface area contributed by atoms with Gasteiger partial charge in [-0.15, -0.1) is 10.2 Å². The number of H-pyrrole nitrogens is 1. The summed E-state index contributed by atoms with van der Waals surface area (Å²) in [6.45, 7) is 0.551. The fraction of sp³-hybridized carbons (Fsp3) is 0.0588. The van der Waals surface area contributed by atoms with E-state index < -0.39 is 0 Å². The summed E-state index contributed by atoms with van der Waals surface area (Å²) in [4.78, 5) is 1.55. The number of rotatable bonds is 4. The molecule has 124 valence electrons. The zero-order valence-electron chi connectivity index (χ0n) is 13.0. The van der Waals surface area contributed by atoms with E-state index in [9.17, 15) is 0 Å². The predicted molar refractivity (Wildman–Crippen MR) is 98.3 cm³/mol. The summed E-state index contributed by atoms with van der Waals surface area (Å²) < 4.78 is 2.28. The molecular formula is C17H13ClN6S. The minimum absolute atomic E-state index is 0.475. The average molecular weight is 369 g/mol. The first kappa shape index (κ1) is 15.7. The maximum Gasteiger partial charge on any atom is 0.209 e. The van der Waals surface area contributed by atoms with Crippen LogP contribution in [0, 0.1) is 4.64 Å². The molecule has 6 nitrogen and oxygen atoms in total. The first-order valence-corrected chi connectivity index (χ1v) is 8.38. The van der Waals surface area contributed by atoms with E-state index in [1.165, 1.54) is 0 Å². The van der Waals surface area contributed by atoms with Gasteiger partial charge in [0.25, 0.3) is 0 Å². The van der Waals surface area contributed by atoms with Crippen LogP contribution in [0.5, 0.6) is 0 Å². The zero-order chi connectivity index (χ0) is 17.2. The van der Waals surface area contributed by atoms with Gasteiger partial charge in [-0.05, 0) is 22.9 Å². The fourth-order valence-corrected chi connectivity index (χ4v) is 3.03. The minimum atomic E-state index is 0.475. The lowest BCUT2D eigenvalue weighted by molar-refractivity contribution is 0.573. The number of halogens is 1. The SMILES string of the molecule is S=c1c(-c2nnn(Cc3ccccc3)n2)c[nH]n1-c1ccccc1Cl. The van der Waals surface area contributed by atoms with Crippen molar-refractivity contribution in [1.82, 2.24) is 30.0 Å². The number of benzene rings is 2. The molecule has 0 unspecified atom stereocenters. The molecule has 0 saturated heterocycles. The molecule has 0 spiro atoms. The van der Waals surface area contributed by atoms with Gasteiger partial charge in [0.2, 0.25) is 5.82 Å². The predicted octanol–water partition coefficient (Wildman–Crippen LogP) is 3.89. The second-order valence-corrected chi connectivity index (χ2v) is 6.20. The van der Waals surface area contributed by atoms with Gasteiger partial charge in [0.1, 0.15) is 4.64 Å². The van der Waals surface area contributed by atoms with Crippen LogP contribution in [0.15, 0.2) is 60.8 Å². The molecule has 2 aromatic heterocycles. The highest BCUT2D eigenvalue weighted by atomic mass is 35.5. The largest absolute Gasteiger partial charge is 0.299 e. The van der Waals surface area contributed by atoms with Crippen LogP contribution in [0.4, 0.5) is 0 Å². The van der Waals surface area contributed by atoms with E-state index in [4.69, 9.17) is 23.8 Å². The molecule has 0 amide bonds. The molecule has 0 aliphatic rings. The molecule has 2 heterocycles. The maximum absolute atomic E-state index is 6.25. The Hall–Kier alpha value is -2.77. The van der Waals surface area contributed by atoms with Gasteiger partial charge in [0, 0.05) is 6.20 Å². The van der Waals surface area contributed by atoms with Gasteiger partial charge in [-0.2, -0.15) is 4.80 Å². The number of aromatic nitrogens is 6. The summed E-state index contributed by atoms with van der Waals surface area (Å²) in [5, 5.41) is 16.4. The molecule has 25 heavy (non-hydrogen) atoms. The normalized spacial score (nSPS) is 10.9. The number of tetrazole rings is 1. The number of aromatic amines is 1. The van der Waals surface area contributed by atoms with E-state index in [1.54, 1.807) is 15.7 Å². The van der Waals surface area contributed by atoms with Crippen molar-refractivity contribution in [2.24, 2.45) is 0 Å². The van der Waals surface area contributed by atoms with Crippen molar-refractivity contribution in [3.8, 4) is 17.1 Å². The summed E-state index contributed by atoms with van der Waals surface area (Å²) in [7, 11) is 0.